The lowest BCUT2D eigenvalue weighted by Gasteiger charge is -2.20. The van der Waals surface area contributed by atoms with E-state index in [4.69, 9.17) is 9.57 Å². The van der Waals surface area contributed by atoms with E-state index in [9.17, 15) is 0 Å². The molecule has 0 bridgehead atoms. The predicted octanol–water partition coefficient (Wildman–Crippen LogP) is 5.33. The van der Waals surface area contributed by atoms with Crippen molar-refractivity contribution in [3.8, 4) is 5.75 Å². The fourth-order valence-corrected chi connectivity index (χ4v) is 2.93. The van der Waals surface area contributed by atoms with Gasteiger partial charge in [-0.25, -0.2) is 5.48 Å². The number of likely N-dealkylation sites (N-methyl/N-ethyl adjacent to an activating group) is 1. The zero-order valence-electron chi connectivity index (χ0n) is 17.4. The largest absolute Gasteiger partial charge is 0.382 e. The van der Waals surface area contributed by atoms with E-state index in [1.54, 1.807) is 6.20 Å². The molecular weight excluding hydrogens is 396 g/mol. The number of para-hydroxylation sites is 1. The number of ether oxygens (including phenoxy) is 1. The van der Waals surface area contributed by atoms with Gasteiger partial charge in [0.15, 0.2) is 5.75 Å². The van der Waals surface area contributed by atoms with Gasteiger partial charge in [-0.05, 0) is 37.4 Å². The molecule has 1 aliphatic heterocycles. The molecule has 0 unspecified atom stereocenters. The smallest absolute Gasteiger partial charge is 0.162 e. The minimum absolute atomic E-state index is 0. The quantitative estimate of drug-likeness (QED) is 0.579. The van der Waals surface area contributed by atoms with Crippen molar-refractivity contribution in [2.75, 3.05) is 27.2 Å². The molecule has 0 amide bonds. The van der Waals surface area contributed by atoms with Crippen LogP contribution in [0.4, 0.5) is 0 Å². The van der Waals surface area contributed by atoms with Crippen molar-refractivity contribution in [1.29, 1.82) is 0 Å². The van der Waals surface area contributed by atoms with E-state index in [2.05, 4.69) is 73.0 Å². The highest BCUT2D eigenvalue weighted by atomic mass is 35.5. The molecule has 0 saturated heterocycles. The number of fused-ring (bicyclic) bond motifs is 1. The number of halogens is 1. The molecule has 158 valence electrons. The van der Waals surface area contributed by atoms with Crippen molar-refractivity contribution in [2.45, 2.75) is 6.10 Å². The Labute approximate surface area is 185 Å². The van der Waals surface area contributed by atoms with Crippen LogP contribution >= 0.6 is 12.4 Å². The van der Waals surface area contributed by atoms with E-state index in [0.29, 0.717) is 0 Å². The topological polar surface area (TPSA) is 33.7 Å². The number of nitrogens with one attached hydrogen (secondary N) is 1. The Kier molecular flexibility index (Phi) is 9.95. The SMILES string of the molecule is C1=Cc2ccccc2ON1.CN(C)CCOC(c1ccccc1)c1ccccc1.Cl. The first-order valence-corrected chi connectivity index (χ1v) is 9.78. The van der Waals surface area contributed by atoms with E-state index in [1.165, 1.54) is 11.1 Å². The molecule has 0 fully saturated rings. The van der Waals surface area contributed by atoms with Crippen LogP contribution in [-0.2, 0) is 4.74 Å². The molecule has 0 aliphatic carbocycles. The van der Waals surface area contributed by atoms with Gasteiger partial charge in [0.1, 0.15) is 6.10 Å². The zero-order chi connectivity index (χ0) is 20.3. The van der Waals surface area contributed by atoms with Gasteiger partial charge in [0, 0.05) is 18.3 Å². The van der Waals surface area contributed by atoms with Crippen LogP contribution in [0.1, 0.15) is 22.8 Å². The van der Waals surface area contributed by atoms with Crippen LogP contribution in [0.2, 0.25) is 0 Å². The first-order chi connectivity index (χ1) is 14.2. The highest BCUT2D eigenvalue weighted by Gasteiger charge is 2.13. The molecule has 0 radical (unpaired) electrons. The van der Waals surface area contributed by atoms with Crippen molar-refractivity contribution in [3.05, 3.63) is 108 Å². The second-order valence-electron chi connectivity index (χ2n) is 6.97. The summed E-state index contributed by atoms with van der Waals surface area (Å²) in [6.45, 7) is 1.65. The molecule has 1 heterocycles. The number of rotatable bonds is 6. The van der Waals surface area contributed by atoms with Crippen molar-refractivity contribution >= 4 is 18.5 Å². The third-order valence-corrected chi connectivity index (χ3v) is 4.45. The van der Waals surface area contributed by atoms with Gasteiger partial charge in [0.2, 0.25) is 0 Å². The number of hydroxylamine groups is 1. The molecule has 1 N–H and O–H groups in total. The summed E-state index contributed by atoms with van der Waals surface area (Å²) in [5.74, 6) is 0.880. The first kappa shape index (κ1) is 23.5. The summed E-state index contributed by atoms with van der Waals surface area (Å²) in [6.07, 6.45) is 3.75. The fourth-order valence-electron chi connectivity index (χ4n) is 2.93. The molecule has 1 aliphatic rings. The maximum atomic E-state index is 6.08. The van der Waals surface area contributed by atoms with Gasteiger partial charge in [-0.3, -0.25) is 0 Å². The lowest BCUT2D eigenvalue weighted by Crippen LogP contribution is -2.20. The molecule has 3 aromatic rings. The van der Waals surface area contributed by atoms with Crippen molar-refractivity contribution in [2.24, 2.45) is 0 Å². The normalized spacial score (nSPS) is 11.5. The molecule has 0 spiro atoms. The van der Waals surface area contributed by atoms with Gasteiger partial charge in [-0.2, -0.15) is 0 Å². The minimum atomic E-state index is 0. The molecule has 4 nitrogen and oxygen atoms in total. The summed E-state index contributed by atoms with van der Waals surface area (Å²) in [6, 6.07) is 28.6. The van der Waals surface area contributed by atoms with Gasteiger partial charge in [-0.15, -0.1) is 12.4 Å². The van der Waals surface area contributed by atoms with E-state index in [1.807, 2.05) is 42.5 Å². The number of hydrogen-bond acceptors (Lipinski definition) is 4. The number of nitrogens with zero attached hydrogens (tertiary/aromatic N) is 1. The Hall–Kier alpha value is -2.79. The lowest BCUT2D eigenvalue weighted by atomic mass is 10.0. The van der Waals surface area contributed by atoms with E-state index in [0.717, 1.165) is 24.5 Å². The molecular formula is C25H29ClN2O2. The Morgan fingerprint density at radius 3 is 1.97 bits per heavy atom. The maximum absolute atomic E-state index is 6.08. The summed E-state index contributed by atoms with van der Waals surface area (Å²) in [7, 11) is 4.12. The molecule has 30 heavy (non-hydrogen) atoms. The molecule has 3 aromatic carbocycles. The summed E-state index contributed by atoms with van der Waals surface area (Å²) < 4.78 is 6.08. The lowest BCUT2D eigenvalue weighted by molar-refractivity contribution is 0.0687. The van der Waals surface area contributed by atoms with Gasteiger partial charge >= 0.3 is 0 Å². The average molecular weight is 425 g/mol. The average Bonchev–Trinajstić information content (AvgIpc) is 2.78. The fraction of sp³-hybridized carbons (Fsp3) is 0.200. The highest BCUT2D eigenvalue weighted by molar-refractivity contribution is 5.85. The molecule has 0 saturated carbocycles. The van der Waals surface area contributed by atoms with Crippen LogP contribution in [0.25, 0.3) is 6.08 Å². The monoisotopic (exact) mass is 424 g/mol. The van der Waals surface area contributed by atoms with Gasteiger partial charge in [0.25, 0.3) is 0 Å². The van der Waals surface area contributed by atoms with Crippen molar-refractivity contribution in [1.82, 2.24) is 10.4 Å². The highest BCUT2D eigenvalue weighted by Crippen LogP contribution is 2.25. The van der Waals surface area contributed by atoms with E-state index in [-0.39, 0.29) is 18.5 Å². The van der Waals surface area contributed by atoms with Crippen LogP contribution in [0.3, 0.4) is 0 Å². The molecule has 0 atom stereocenters. The second-order valence-corrected chi connectivity index (χ2v) is 6.97. The second kappa shape index (κ2) is 12.7. The van der Waals surface area contributed by atoms with Gasteiger partial charge in [0.05, 0.1) is 6.61 Å². The first-order valence-electron chi connectivity index (χ1n) is 9.78. The standard InChI is InChI=1S/C17H21NO.C8H7NO.ClH/c1-18(2)13-14-19-17(15-9-5-3-6-10-15)16-11-7-4-8-12-16;1-2-4-8-7(3-1)5-6-9-10-8;/h3-12,17H,13-14H2,1-2H3;1-6,9H;1H. The van der Waals surface area contributed by atoms with Gasteiger partial charge in [-0.1, -0.05) is 78.9 Å². The van der Waals surface area contributed by atoms with Crippen LogP contribution < -0.4 is 10.3 Å². The zero-order valence-corrected chi connectivity index (χ0v) is 18.2. The third kappa shape index (κ3) is 7.23. The van der Waals surface area contributed by atoms with Crippen LogP contribution in [-0.4, -0.2) is 32.1 Å². The third-order valence-electron chi connectivity index (χ3n) is 4.45. The Bertz CT molecular complexity index is 846. The molecule has 0 aromatic heterocycles. The summed E-state index contributed by atoms with van der Waals surface area (Å²) in [4.78, 5) is 7.22. The Morgan fingerprint density at radius 2 is 1.40 bits per heavy atom. The Morgan fingerprint density at radius 1 is 0.833 bits per heavy atom. The van der Waals surface area contributed by atoms with E-state index >= 15 is 0 Å². The Balaban J connectivity index is 0.000000245. The van der Waals surface area contributed by atoms with Crippen molar-refractivity contribution < 1.29 is 9.57 Å². The molecule has 4 rings (SSSR count). The van der Waals surface area contributed by atoms with E-state index < -0.39 is 0 Å². The maximum Gasteiger partial charge on any atom is 0.162 e. The van der Waals surface area contributed by atoms with Crippen LogP contribution in [0.15, 0.2) is 91.1 Å². The summed E-state index contributed by atoms with van der Waals surface area (Å²) >= 11 is 0. The molecule has 5 heteroatoms. The van der Waals surface area contributed by atoms with Crippen LogP contribution in [0.5, 0.6) is 5.75 Å². The predicted molar refractivity (Wildman–Crippen MR) is 126 cm³/mol. The van der Waals surface area contributed by atoms with Crippen molar-refractivity contribution in [3.63, 3.8) is 0 Å². The summed E-state index contributed by atoms with van der Waals surface area (Å²) in [5.41, 5.74) is 6.18. The number of benzene rings is 3. The minimum Gasteiger partial charge on any atom is -0.382 e. The van der Waals surface area contributed by atoms with Gasteiger partial charge < -0.3 is 14.5 Å². The number of hydrogen-bond donors (Lipinski definition) is 1. The van der Waals surface area contributed by atoms with Crippen LogP contribution in [0, 0.1) is 0 Å². The summed E-state index contributed by atoms with van der Waals surface area (Å²) in [5, 5.41) is 0.